The largest absolute Gasteiger partial charge is 0.478 e. The van der Waals surface area contributed by atoms with Crippen LogP contribution in [0.4, 0.5) is 5.69 Å². The monoisotopic (exact) mass is 217 g/mol. The number of carboxylic acids is 1. The van der Waals surface area contributed by atoms with E-state index in [0.29, 0.717) is 5.69 Å². The second kappa shape index (κ2) is 4.28. The van der Waals surface area contributed by atoms with Crippen LogP contribution < -0.4 is 5.32 Å². The van der Waals surface area contributed by atoms with E-state index in [1.165, 1.54) is 0 Å². The van der Waals surface area contributed by atoms with Crippen LogP contribution in [-0.2, 0) is 0 Å². The van der Waals surface area contributed by atoms with E-state index in [0.717, 1.165) is 5.56 Å². The number of hydrogen-bond donors (Lipinski definition) is 2. The van der Waals surface area contributed by atoms with Gasteiger partial charge < -0.3 is 10.4 Å². The first-order valence-electron chi connectivity index (χ1n) is 4.95. The Balaban J connectivity index is 3.17. The van der Waals surface area contributed by atoms with E-state index < -0.39 is 11.5 Å². The molecule has 0 radical (unpaired) electrons. The van der Waals surface area contributed by atoms with Crippen molar-refractivity contribution in [3.63, 3.8) is 0 Å². The van der Waals surface area contributed by atoms with Crippen LogP contribution in [0.1, 0.15) is 29.8 Å². The lowest BCUT2D eigenvalue weighted by molar-refractivity contribution is 0.0698. The highest BCUT2D eigenvalue weighted by Gasteiger charge is 2.17. The Bertz CT molecular complexity index is 455. The topological polar surface area (TPSA) is 49.3 Å². The third kappa shape index (κ3) is 2.77. The van der Waals surface area contributed by atoms with Gasteiger partial charge in [0.2, 0.25) is 0 Å². The summed E-state index contributed by atoms with van der Waals surface area (Å²) in [6, 6.07) is 5.12. The lowest BCUT2D eigenvalue weighted by Gasteiger charge is -2.22. The van der Waals surface area contributed by atoms with E-state index in [1.54, 1.807) is 18.2 Å². The van der Waals surface area contributed by atoms with Gasteiger partial charge in [-0.2, -0.15) is 0 Å². The first kappa shape index (κ1) is 12.1. The van der Waals surface area contributed by atoms with Gasteiger partial charge in [-0.3, -0.25) is 0 Å². The fourth-order valence-corrected chi connectivity index (χ4v) is 1.32. The molecular weight excluding hydrogens is 202 g/mol. The molecule has 1 rings (SSSR count). The summed E-state index contributed by atoms with van der Waals surface area (Å²) in [5.41, 5.74) is 1.20. The minimum atomic E-state index is -0.963. The molecule has 0 unspecified atom stereocenters. The Hall–Kier alpha value is -1.95. The molecule has 0 aliphatic rings. The molecule has 84 valence electrons. The zero-order valence-corrected chi connectivity index (χ0v) is 9.66. The van der Waals surface area contributed by atoms with Crippen molar-refractivity contribution in [2.45, 2.75) is 26.3 Å². The number of anilines is 1. The lowest BCUT2D eigenvalue weighted by atomic mass is 10.0. The second-order valence-corrected chi connectivity index (χ2v) is 4.25. The van der Waals surface area contributed by atoms with Crippen LogP contribution in [0.5, 0.6) is 0 Å². The zero-order chi connectivity index (χ0) is 12.3. The number of terminal acetylenes is 1. The quantitative estimate of drug-likeness (QED) is 0.765. The van der Waals surface area contributed by atoms with Gasteiger partial charge in [-0.1, -0.05) is 12.0 Å². The van der Waals surface area contributed by atoms with Crippen LogP contribution in [0.15, 0.2) is 18.2 Å². The third-order valence-electron chi connectivity index (χ3n) is 2.21. The summed E-state index contributed by atoms with van der Waals surface area (Å²) in [7, 11) is 0. The van der Waals surface area contributed by atoms with E-state index in [9.17, 15) is 4.79 Å². The number of aromatic carboxylic acids is 1. The molecule has 0 amide bonds. The van der Waals surface area contributed by atoms with Crippen LogP contribution in [-0.4, -0.2) is 16.6 Å². The van der Waals surface area contributed by atoms with Gasteiger partial charge in [0.05, 0.1) is 16.8 Å². The molecule has 0 aliphatic carbocycles. The molecule has 2 N–H and O–H groups in total. The molecule has 3 nitrogen and oxygen atoms in total. The van der Waals surface area contributed by atoms with Gasteiger partial charge in [-0.15, -0.1) is 6.42 Å². The summed E-state index contributed by atoms with van der Waals surface area (Å²) in [4.78, 5) is 11.0. The van der Waals surface area contributed by atoms with E-state index >= 15 is 0 Å². The molecule has 0 bridgehead atoms. The van der Waals surface area contributed by atoms with Gasteiger partial charge in [-0.05, 0) is 38.5 Å². The third-order valence-corrected chi connectivity index (χ3v) is 2.21. The Labute approximate surface area is 95.5 Å². The molecule has 0 saturated heterocycles. The number of benzene rings is 1. The summed E-state index contributed by atoms with van der Waals surface area (Å²) in [5, 5.41) is 12.1. The molecule has 16 heavy (non-hydrogen) atoms. The highest BCUT2D eigenvalue weighted by atomic mass is 16.4. The molecule has 0 atom stereocenters. The van der Waals surface area contributed by atoms with Crippen LogP contribution >= 0.6 is 0 Å². The normalized spacial score (nSPS) is 10.6. The number of nitrogens with one attached hydrogen (secondary N) is 1. The number of carboxylic acid groups (broad SMARTS) is 1. The highest BCUT2D eigenvalue weighted by molar-refractivity contribution is 5.94. The van der Waals surface area contributed by atoms with Gasteiger partial charge in [0.25, 0.3) is 0 Å². The zero-order valence-electron chi connectivity index (χ0n) is 9.66. The van der Waals surface area contributed by atoms with Crippen molar-refractivity contribution in [3.8, 4) is 12.3 Å². The van der Waals surface area contributed by atoms with E-state index in [4.69, 9.17) is 11.5 Å². The predicted molar refractivity (Wildman–Crippen MR) is 64.7 cm³/mol. The van der Waals surface area contributed by atoms with Crippen molar-refractivity contribution in [2.24, 2.45) is 0 Å². The smallest absolute Gasteiger partial charge is 0.337 e. The minimum Gasteiger partial charge on any atom is -0.478 e. The summed E-state index contributed by atoms with van der Waals surface area (Å²) in [6.45, 7) is 5.54. The molecular formula is C13H15NO2. The van der Waals surface area contributed by atoms with Gasteiger partial charge in [0.1, 0.15) is 0 Å². The molecule has 1 aromatic rings. The summed E-state index contributed by atoms with van der Waals surface area (Å²) in [6.07, 6.45) is 5.36. The SMILES string of the molecule is C#CC(C)(C)Nc1cc(C)ccc1C(=O)O. The molecule has 3 heteroatoms. The lowest BCUT2D eigenvalue weighted by Crippen LogP contribution is -2.29. The van der Waals surface area contributed by atoms with Crippen molar-refractivity contribution in [1.29, 1.82) is 0 Å². The molecule has 0 saturated carbocycles. The Morgan fingerprint density at radius 3 is 2.62 bits per heavy atom. The first-order valence-corrected chi connectivity index (χ1v) is 4.95. The molecule has 0 fully saturated rings. The minimum absolute atomic E-state index is 0.230. The van der Waals surface area contributed by atoms with Crippen LogP contribution in [0.3, 0.4) is 0 Å². The second-order valence-electron chi connectivity index (χ2n) is 4.25. The van der Waals surface area contributed by atoms with Crippen molar-refractivity contribution in [3.05, 3.63) is 29.3 Å². The van der Waals surface area contributed by atoms with Gasteiger partial charge >= 0.3 is 5.97 Å². The predicted octanol–water partition coefficient (Wildman–Crippen LogP) is 2.52. The summed E-state index contributed by atoms with van der Waals surface area (Å²) < 4.78 is 0. The Morgan fingerprint density at radius 2 is 2.12 bits per heavy atom. The van der Waals surface area contributed by atoms with Crippen molar-refractivity contribution in [2.75, 3.05) is 5.32 Å². The molecule has 0 aliphatic heterocycles. The fraction of sp³-hybridized carbons (Fsp3) is 0.308. The summed E-state index contributed by atoms with van der Waals surface area (Å²) >= 11 is 0. The molecule has 1 aromatic carbocycles. The average Bonchev–Trinajstić information content (AvgIpc) is 2.16. The van der Waals surface area contributed by atoms with Gasteiger partial charge in [-0.25, -0.2) is 4.79 Å². The Kier molecular flexibility index (Phi) is 3.24. The highest BCUT2D eigenvalue weighted by Crippen LogP contribution is 2.21. The van der Waals surface area contributed by atoms with Crippen LogP contribution in [0, 0.1) is 19.3 Å². The molecule has 0 spiro atoms. The van der Waals surface area contributed by atoms with E-state index in [2.05, 4.69) is 11.2 Å². The maximum Gasteiger partial charge on any atom is 0.337 e. The number of carbonyl (C=O) groups is 1. The average molecular weight is 217 g/mol. The van der Waals surface area contributed by atoms with Gasteiger partial charge in [0, 0.05) is 0 Å². The molecule has 0 heterocycles. The summed E-state index contributed by atoms with van der Waals surface area (Å²) in [5.74, 6) is 1.61. The van der Waals surface area contributed by atoms with E-state index in [-0.39, 0.29) is 5.56 Å². The number of rotatable bonds is 3. The number of aryl methyl sites for hydroxylation is 1. The van der Waals surface area contributed by atoms with Crippen LogP contribution in [0.2, 0.25) is 0 Å². The van der Waals surface area contributed by atoms with Crippen molar-refractivity contribution in [1.82, 2.24) is 0 Å². The van der Waals surface area contributed by atoms with E-state index in [1.807, 2.05) is 20.8 Å². The maximum absolute atomic E-state index is 11.0. The van der Waals surface area contributed by atoms with Crippen LogP contribution in [0.25, 0.3) is 0 Å². The fourth-order valence-electron chi connectivity index (χ4n) is 1.32. The van der Waals surface area contributed by atoms with Crippen molar-refractivity contribution < 1.29 is 9.90 Å². The molecule has 0 aromatic heterocycles. The Morgan fingerprint density at radius 1 is 1.50 bits per heavy atom. The standard InChI is InChI=1S/C13H15NO2/c1-5-13(3,4)14-11-8-9(2)6-7-10(11)12(15)16/h1,6-8,14H,2-4H3,(H,15,16). The van der Waals surface area contributed by atoms with Gasteiger partial charge in [0.15, 0.2) is 0 Å². The van der Waals surface area contributed by atoms with Crippen molar-refractivity contribution >= 4 is 11.7 Å². The first-order chi connectivity index (χ1) is 7.35. The number of hydrogen-bond acceptors (Lipinski definition) is 2. The maximum atomic E-state index is 11.0.